The van der Waals surface area contributed by atoms with Gasteiger partial charge in [-0.3, -0.25) is 14.5 Å². The van der Waals surface area contributed by atoms with Gasteiger partial charge in [-0.1, -0.05) is 52.3 Å². The number of benzene rings is 3. The van der Waals surface area contributed by atoms with Crippen LogP contribution in [0.3, 0.4) is 0 Å². The van der Waals surface area contributed by atoms with Gasteiger partial charge in [-0.15, -0.1) is 0 Å². The summed E-state index contributed by atoms with van der Waals surface area (Å²) in [5.41, 5.74) is -1.68. The summed E-state index contributed by atoms with van der Waals surface area (Å²) in [6.07, 6.45) is -4.70. The van der Waals surface area contributed by atoms with Gasteiger partial charge in [0.1, 0.15) is 11.6 Å². The number of hydrogen-bond acceptors (Lipinski definition) is 3. The number of carbonyl (C=O) groups excluding carboxylic acids is 2. The number of alkyl halides is 3. The molecule has 1 heterocycles. The lowest BCUT2D eigenvalue weighted by Gasteiger charge is -2.26. The van der Waals surface area contributed by atoms with Crippen molar-refractivity contribution in [3.63, 3.8) is 0 Å². The average molecular weight is 520 g/mol. The molecule has 1 aliphatic rings. The molecule has 4 nitrogen and oxygen atoms in total. The van der Waals surface area contributed by atoms with Crippen molar-refractivity contribution in [2.75, 3.05) is 4.90 Å². The topological polar surface area (TPSA) is 57.6 Å². The van der Waals surface area contributed by atoms with Crippen molar-refractivity contribution in [1.29, 1.82) is 0 Å². The van der Waals surface area contributed by atoms with Gasteiger partial charge in [0, 0.05) is 21.3 Å². The van der Waals surface area contributed by atoms with Gasteiger partial charge in [0.25, 0.3) is 11.7 Å². The zero-order valence-electron chi connectivity index (χ0n) is 16.6. The third-order valence-corrected chi connectivity index (χ3v) is 5.74. The molecule has 1 aliphatic heterocycles. The Kier molecular flexibility index (Phi) is 5.84. The lowest BCUT2D eigenvalue weighted by Crippen LogP contribution is -2.30. The van der Waals surface area contributed by atoms with Crippen molar-refractivity contribution < 1.29 is 32.3 Å². The van der Waals surface area contributed by atoms with Gasteiger partial charge < -0.3 is 5.11 Å². The number of ketones is 1. The van der Waals surface area contributed by atoms with E-state index in [4.69, 9.17) is 0 Å². The summed E-state index contributed by atoms with van der Waals surface area (Å²) in [5, 5.41) is 10.9. The van der Waals surface area contributed by atoms with Gasteiger partial charge in [-0.05, 0) is 36.4 Å². The number of aliphatic hydroxyl groups excluding tert-OH is 1. The smallest absolute Gasteiger partial charge is 0.416 e. The summed E-state index contributed by atoms with van der Waals surface area (Å²) in [4.78, 5) is 26.7. The van der Waals surface area contributed by atoms with E-state index in [1.54, 1.807) is 12.1 Å². The van der Waals surface area contributed by atoms with E-state index in [1.165, 1.54) is 36.4 Å². The van der Waals surface area contributed by atoms with E-state index < -0.39 is 46.6 Å². The van der Waals surface area contributed by atoms with Crippen LogP contribution in [0.1, 0.15) is 22.7 Å². The number of Topliss-reactive ketones (excluding diaryl/α,β-unsaturated/α-hetero) is 1. The molecule has 0 spiro atoms. The van der Waals surface area contributed by atoms with E-state index in [-0.39, 0.29) is 16.8 Å². The predicted octanol–water partition coefficient (Wildman–Crippen LogP) is 6.23. The first-order valence-corrected chi connectivity index (χ1v) is 10.4. The van der Waals surface area contributed by atoms with Crippen LogP contribution in [-0.4, -0.2) is 16.8 Å². The molecule has 3 aromatic rings. The molecule has 9 heteroatoms. The van der Waals surface area contributed by atoms with E-state index >= 15 is 0 Å². The summed E-state index contributed by atoms with van der Waals surface area (Å²) in [5.74, 6) is -3.67. The van der Waals surface area contributed by atoms with Crippen LogP contribution >= 0.6 is 15.9 Å². The van der Waals surface area contributed by atoms with Crippen LogP contribution in [0.25, 0.3) is 5.76 Å². The second-order valence-electron chi connectivity index (χ2n) is 7.25. The summed E-state index contributed by atoms with van der Waals surface area (Å²) < 4.78 is 55.4. The zero-order valence-corrected chi connectivity index (χ0v) is 18.2. The third-order valence-electron chi connectivity index (χ3n) is 5.21. The quantitative estimate of drug-likeness (QED) is 0.193. The van der Waals surface area contributed by atoms with Gasteiger partial charge >= 0.3 is 6.18 Å². The molecule has 4 rings (SSSR count). The highest BCUT2D eigenvalue weighted by molar-refractivity contribution is 9.10. The molecule has 1 fully saturated rings. The monoisotopic (exact) mass is 519 g/mol. The number of hydrogen-bond donors (Lipinski definition) is 1. The molecule has 1 atom stereocenters. The minimum absolute atomic E-state index is 0.146. The van der Waals surface area contributed by atoms with Crippen molar-refractivity contribution in [1.82, 2.24) is 0 Å². The zero-order chi connectivity index (χ0) is 23.9. The molecule has 0 bridgehead atoms. The second-order valence-corrected chi connectivity index (χ2v) is 8.16. The van der Waals surface area contributed by atoms with Gasteiger partial charge in [-0.25, -0.2) is 4.39 Å². The van der Waals surface area contributed by atoms with E-state index in [0.717, 1.165) is 23.1 Å². The van der Waals surface area contributed by atoms with Crippen molar-refractivity contribution in [2.45, 2.75) is 12.2 Å². The number of aliphatic hydroxyl groups is 1. The number of rotatable bonds is 3. The highest BCUT2D eigenvalue weighted by Gasteiger charge is 2.48. The lowest BCUT2D eigenvalue weighted by molar-refractivity contribution is -0.137. The van der Waals surface area contributed by atoms with Crippen LogP contribution in [0.5, 0.6) is 0 Å². The molecule has 1 saturated heterocycles. The molecule has 3 aromatic carbocycles. The molecule has 1 N–H and O–H groups in total. The first-order valence-electron chi connectivity index (χ1n) is 9.58. The van der Waals surface area contributed by atoms with Gasteiger partial charge in [0.2, 0.25) is 0 Å². The fourth-order valence-corrected chi connectivity index (χ4v) is 3.95. The lowest BCUT2D eigenvalue weighted by atomic mass is 9.94. The van der Waals surface area contributed by atoms with Crippen LogP contribution in [-0.2, 0) is 15.8 Å². The summed E-state index contributed by atoms with van der Waals surface area (Å²) in [7, 11) is 0. The fourth-order valence-electron chi connectivity index (χ4n) is 3.69. The molecule has 0 radical (unpaired) electrons. The van der Waals surface area contributed by atoms with E-state index in [2.05, 4.69) is 15.9 Å². The Bertz CT molecular complexity index is 1290. The summed E-state index contributed by atoms with van der Waals surface area (Å²) in [6, 6.07) is 13.8. The summed E-state index contributed by atoms with van der Waals surface area (Å²) in [6.45, 7) is 0. The maximum Gasteiger partial charge on any atom is 0.416 e. The minimum atomic E-state index is -4.70. The maximum atomic E-state index is 14.8. The molecule has 0 unspecified atom stereocenters. The Morgan fingerprint density at radius 3 is 2.24 bits per heavy atom. The number of carbonyl (C=O) groups is 2. The molecule has 1 amide bonds. The fraction of sp³-hybridized carbons (Fsp3) is 0.0833. The molecule has 0 aliphatic carbocycles. The molecule has 0 saturated carbocycles. The van der Waals surface area contributed by atoms with Gasteiger partial charge in [0.05, 0.1) is 17.2 Å². The predicted molar refractivity (Wildman–Crippen MR) is 117 cm³/mol. The molecule has 0 aromatic heterocycles. The molecule has 33 heavy (non-hydrogen) atoms. The van der Waals surface area contributed by atoms with Crippen molar-refractivity contribution >= 4 is 39.1 Å². The summed E-state index contributed by atoms with van der Waals surface area (Å²) >= 11 is 3.25. The van der Waals surface area contributed by atoms with Crippen molar-refractivity contribution in [3.8, 4) is 0 Å². The maximum absolute atomic E-state index is 14.8. The first kappa shape index (κ1) is 22.7. The first-order chi connectivity index (χ1) is 15.6. The highest BCUT2D eigenvalue weighted by atomic mass is 79.9. The largest absolute Gasteiger partial charge is 0.507 e. The normalized spacial score (nSPS) is 18.1. The van der Waals surface area contributed by atoms with Gasteiger partial charge in [0.15, 0.2) is 0 Å². The minimum Gasteiger partial charge on any atom is -0.507 e. The Balaban J connectivity index is 1.97. The van der Waals surface area contributed by atoms with Crippen LogP contribution in [0.15, 0.2) is 82.8 Å². The van der Waals surface area contributed by atoms with Crippen LogP contribution in [0.4, 0.5) is 23.2 Å². The standard InChI is InChI=1S/C24H14BrF4NO3/c25-15-10-8-13(9-11-15)21(31)19-20(17-6-1-2-7-18(17)26)30(23(33)22(19)32)16-5-3-4-14(12-16)24(27,28)29/h1-12,20,31H/t20-/m1/s1. The third kappa shape index (κ3) is 4.16. The molecular weight excluding hydrogens is 506 g/mol. The molecule has 168 valence electrons. The van der Waals surface area contributed by atoms with Crippen molar-refractivity contribution in [2.24, 2.45) is 0 Å². The van der Waals surface area contributed by atoms with E-state index in [9.17, 15) is 32.3 Å². The van der Waals surface area contributed by atoms with Crippen molar-refractivity contribution in [3.05, 3.63) is 105 Å². The Labute approximate surface area is 193 Å². The average Bonchev–Trinajstić information content (AvgIpc) is 3.04. The number of halogens is 5. The van der Waals surface area contributed by atoms with Crippen LogP contribution in [0, 0.1) is 5.82 Å². The Hall–Kier alpha value is -3.46. The molecular formula is C24H14BrF4NO3. The number of nitrogens with zero attached hydrogens (tertiary/aromatic N) is 1. The number of anilines is 1. The highest BCUT2D eigenvalue weighted by Crippen LogP contribution is 2.44. The van der Waals surface area contributed by atoms with Crippen LogP contribution < -0.4 is 4.90 Å². The van der Waals surface area contributed by atoms with Crippen LogP contribution in [0.2, 0.25) is 0 Å². The Morgan fingerprint density at radius 2 is 1.61 bits per heavy atom. The van der Waals surface area contributed by atoms with E-state index in [0.29, 0.717) is 10.5 Å². The van der Waals surface area contributed by atoms with E-state index in [1.807, 2.05) is 0 Å². The SMILES string of the molecule is O=C1C(=O)N(c2cccc(C(F)(F)F)c2)[C@H](c2ccccc2F)C1=C(O)c1ccc(Br)cc1. The number of amides is 1. The second kappa shape index (κ2) is 8.47. The van der Waals surface area contributed by atoms with Gasteiger partial charge in [-0.2, -0.15) is 13.2 Å². The Morgan fingerprint density at radius 1 is 0.939 bits per heavy atom.